The van der Waals surface area contributed by atoms with Crippen LogP contribution in [0.2, 0.25) is 0 Å². The highest BCUT2D eigenvalue weighted by Gasteiger charge is 2.10. The first-order valence-electron chi connectivity index (χ1n) is 10.6. The van der Waals surface area contributed by atoms with Gasteiger partial charge in [0.15, 0.2) is 0 Å². The number of amides is 2. The van der Waals surface area contributed by atoms with Crippen LogP contribution < -0.4 is 15.4 Å². The minimum atomic E-state index is -0.300. The van der Waals surface area contributed by atoms with Crippen LogP contribution in [0.1, 0.15) is 0 Å². The molecule has 0 aliphatic heterocycles. The Bertz CT molecular complexity index is 1220. The summed E-state index contributed by atoms with van der Waals surface area (Å²) in [4.78, 5) is 14.7. The van der Waals surface area contributed by atoms with E-state index in [-0.39, 0.29) is 6.03 Å². The fourth-order valence-corrected chi connectivity index (χ4v) is 3.70. The first kappa shape index (κ1) is 21.5. The maximum Gasteiger partial charge on any atom is 0.323 e. The third kappa shape index (κ3) is 4.92. The van der Waals surface area contributed by atoms with Crippen LogP contribution in [0.5, 0.6) is 5.75 Å². The van der Waals surface area contributed by atoms with E-state index >= 15 is 0 Å². The predicted molar refractivity (Wildman–Crippen MR) is 132 cm³/mol. The van der Waals surface area contributed by atoms with Crippen molar-refractivity contribution in [2.75, 3.05) is 38.4 Å². The quantitative estimate of drug-likeness (QED) is 0.407. The van der Waals surface area contributed by atoms with E-state index < -0.39 is 0 Å². The Balaban J connectivity index is 1.45. The highest BCUT2D eigenvalue weighted by atomic mass is 16.5. The molecule has 2 amide bonds. The van der Waals surface area contributed by atoms with Crippen LogP contribution in [0.25, 0.3) is 22.0 Å². The average molecular weight is 429 g/mol. The summed E-state index contributed by atoms with van der Waals surface area (Å²) >= 11 is 0. The Morgan fingerprint density at radius 2 is 1.66 bits per heavy atom. The largest absolute Gasteiger partial charge is 0.496 e. The minimum absolute atomic E-state index is 0.300. The number of rotatable bonds is 7. The molecule has 32 heavy (non-hydrogen) atoms. The van der Waals surface area contributed by atoms with Crippen LogP contribution in [-0.2, 0) is 6.54 Å². The van der Waals surface area contributed by atoms with E-state index in [0.717, 1.165) is 40.8 Å². The molecule has 0 spiro atoms. The van der Waals surface area contributed by atoms with Gasteiger partial charge >= 0.3 is 6.03 Å². The summed E-state index contributed by atoms with van der Waals surface area (Å²) in [5, 5.41) is 6.90. The lowest BCUT2D eigenvalue weighted by Gasteiger charge is -2.13. The molecule has 0 unspecified atom stereocenters. The maximum absolute atomic E-state index is 12.6. The molecular formula is C26H28N4O2. The number of benzene rings is 3. The minimum Gasteiger partial charge on any atom is -0.496 e. The van der Waals surface area contributed by atoms with Gasteiger partial charge in [-0.1, -0.05) is 30.3 Å². The van der Waals surface area contributed by atoms with Crippen LogP contribution in [0.4, 0.5) is 16.2 Å². The standard InChI is InChI=1S/C26H28N4O2/c1-29(2)15-16-30-14-13-20-17-21(10-12-24(20)30)27-26(31)28-22-9-11-23(25(18-22)32-3)19-7-5-4-6-8-19/h4-14,17-18H,15-16H2,1-3H3,(H2,27,28,31). The molecule has 6 heteroatoms. The summed E-state index contributed by atoms with van der Waals surface area (Å²) in [6.45, 7) is 1.89. The number of ether oxygens (including phenoxy) is 1. The average Bonchev–Trinajstić information content (AvgIpc) is 3.20. The third-order valence-corrected chi connectivity index (χ3v) is 5.36. The van der Waals surface area contributed by atoms with Crippen LogP contribution in [0.15, 0.2) is 79.0 Å². The number of carbonyl (C=O) groups excluding carboxylic acids is 1. The number of fused-ring (bicyclic) bond motifs is 1. The molecule has 0 saturated carbocycles. The molecule has 3 aromatic carbocycles. The molecule has 164 valence electrons. The summed E-state index contributed by atoms with van der Waals surface area (Å²) < 4.78 is 7.77. The van der Waals surface area contributed by atoms with Crippen molar-refractivity contribution in [3.8, 4) is 16.9 Å². The van der Waals surface area contributed by atoms with Gasteiger partial charge in [-0.15, -0.1) is 0 Å². The second-order valence-electron chi connectivity index (χ2n) is 7.95. The zero-order valence-electron chi connectivity index (χ0n) is 18.6. The van der Waals surface area contributed by atoms with Crippen molar-refractivity contribution in [3.05, 3.63) is 79.0 Å². The number of likely N-dealkylation sites (N-methyl/N-ethyl adjacent to an activating group) is 1. The number of aromatic nitrogens is 1. The number of hydrogen-bond acceptors (Lipinski definition) is 3. The third-order valence-electron chi connectivity index (χ3n) is 5.36. The molecule has 0 saturated heterocycles. The monoisotopic (exact) mass is 428 g/mol. The number of methoxy groups -OCH3 is 1. The molecular weight excluding hydrogens is 400 g/mol. The molecule has 0 fully saturated rings. The van der Waals surface area contributed by atoms with E-state index in [1.165, 1.54) is 0 Å². The van der Waals surface area contributed by atoms with Crippen molar-refractivity contribution >= 4 is 28.3 Å². The van der Waals surface area contributed by atoms with Crippen molar-refractivity contribution in [2.45, 2.75) is 6.54 Å². The molecule has 6 nitrogen and oxygen atoms in total. The fraction of sp³-hybridized carbons (Fsp3) is 0.192. The van der Waals surface area contributed by atoms with Gasteiger partial charge in [0.2, 0.25) is 0 Å². The topological polar surface area (TPSA) is 58.5 Å². The highest BCUT2D eigenvalue weighted by Crippen LogP contribution is 2.32. The first-order chi connectivity index (χ1) is 15.5. The van der Waals surface area contributed by atoms with E-state index in [9.17, 15) is 4.79 Å². The summed E-state index contributed by atoms with van der Waals surface area (Å²) in [6.07, 6.45) is 2.08. The molecule has 4 rings (SSSR count). The molecule has 1 aromatic heterocycles. The molecule has 2 N–H and O–H groups in total. The molecule has 0 radical (unpaired) electrons. The highest BCUT2D eigenvalue weighted by molar-refractivity contribution is 6.01. The SMILES string of the molecule is COc1cc(NC(=O)Nc2ccc3c(ccn3CCN(C)C)c2)ccc1-c1ccccc1. The van der Waals surface area contributed by atoms with E-state index in [1.54, 1.807) is 7.11 Å². The zero-order chi connectivity index (χ0) is 22.5. The molecule has 1 heterocycles. The van der Waals surface area contributed by atoms with Gasteiger partial charge in [-0.3, -0.25) is 0 Å². The molecule has 0 bridgehead atoms. The first-order valence-corrected chi connectivity index (χ1v) is 10.6. The van der Waals surface area contributed by atoms with E-state index in [4.69, 9.17) is 4.74 Å². The summed E-state index contributed by atoms with van der Waals surface area (Å²) in [5.41, 5.74) is 4.59. The maximum atomic E-state index is 12.6. The fourth-order valence-electron chi connectivity index (χ4n) is 3.70. The van der Waals surface area contributed by atoms with E-state index in [0.29, 0.717) is 11.4 Å². The molecule has 0 aliphatic carbocycles. The van der Waals surface area contributed by atoms with Gasteiger partial charge < -0.3 is 24.8 Å². The lowest BCUT2D eigenvalue weighted by atomic mass is 10.0. The molecule has 0 atom stereocenters. The number of carbonyl (C=O) groups is 1. The molecule has 0 aliphatic rings. The van der Waals surface area contributed by atoms with Crippen molar-refractivity contribution in [2.24, 2.45) is 0 Å². The number of nitrogens with zero attached hydrogens (tertiary/aromatic N) is 2. The van der Waals surface area contributed by atoms with Gasteiger partial charge in [0, 0.05) is 53.2 Å². The van der Waals surface area contributed by atoms with E-state index in [2.05, 4.69) is 46.5 Å². The lowest BCUT2D eigenvalue weighted by molar-refractivity contribution is 0.262. The zero-order valence-corrected chi connectivity index (χ0v) is 18.6. The Kier molecular flexibility index (Phi) is 6.42. The Labute approximate surface area is 188 Å². The van der Waals surface area contributed by atoms with Gasteiger partial charge in [-0.25, -0.2) is 4.79 Å². The number of urea groups is 1. The Morgan fingerprint density at radius 3 is 2.38 bits per heavy atom. The van der Waals surface area contributed by atoms with Crippen molar-refractivity contribution < 1.29 is 9.53 Å². The smallest absolute Gasteiger partial charge is 0.323 e. The van der Waals surface area contributed by atoms with E-state index in [1.807, 2.05) is 66.7 Å². The van der Waals surface area contributed by atoms with Crippen LogP contribution >= 0.6 is 0 Å². The van der Waals surface area contributed by atoms with Crippen molar-refractivity contribution in [3.63, 3.8) is 0 Å². The van der Waals surface area contributed by atoms with Gasteiger partial charge in [0.25, 0.3) is 0 Å². The van der Waals surface area contributed by atoms with Crippen LogP contribution in [-0.4, -0.2) is 43.2 Å². The Hall–Kier alpha value is -3.77. The second kappa shape index (κ2) is 9.58. The van der Waals surface area contributed by atoms with Gasteiger partial charge in [-0.2, -0.15) is 0 Å². The van der Waals surface area contributed by atoms with Gasteiger partial charge in [-0.05, 0) is 56.1 Å². The number of nitrogens with one attached hydrogen (secondary N) is 2. The predicted octanol–water partition coefficient (Wildman–Crippen LogP) is 5.52. The summed E-state index contributed by atoms with van der Waals surface area (Å²) in [6, 6.07) is 23.4. The van der Waals surface area contributed by atoms with Crippen molar-refractivity contribution in [1.82, 2.24) is 9.47 Å². The van der Waals surface area contributed by atoms with Crippen LogP contribution in [0, 0.1) is 0 Å². The van der Waals surface area contributed by atoms with Crippen LogP contribution in [0.3, 0.4) is 0 Å². The summed E-state index contributed by atoms with van der Waals surface area (Å²) in [7, 11) is 5.76. The van der Waals surface area contributed by atoms with Gasteiger partial charge in [0.05, 0.1) is 7.11 Å². The second-order valence-corrected chi connectivity index (χ2v) is 7.95. The lowest BCUT2D eigenvalue weighted by Crippen LogP contribution is -2.19. The number of anilines is 2. The van der Waals surface area contributed by atoms with Crippen molar-refractivity contribution in [1.29, 1.82) is 0 Å². The number of hydrogen-bond donors (Lipinski definition) is 2. The van der Waals surface area contributed by atoms with Gasteiger partial charge in [0.1, 0.15) is 5.75 Å². The normalized spacial score (nSPS) is 11.0. The Morgan fingerprint density at radius 1 is 0.938 bits per heavy atom. The molecule has 4 aromatic rings. The summed E-state index contributed by atoms with van der Waals surface area (Å²) in [5.74, 6) is 0.703.